The lowest BCUT2D eigenvalue weighted by molar-refractivity contribution is 0.201. The van der Waals surface area contributed by atoms with Crippen LogP contribution in [0.15, 0.2) is 29.1 Å². The average molecular weight is 465 g/mol. The van der Waals surface area contributed by atoms with Gasteiger partial charge < -0.3 is 15.5 Å². The molecule has 3 atom stereocenters. The molecule has 0 spiro atoms. The third-order valence-corrected chi connectivity index (χ3v) is 8.70. The summed E-state index contributed by atoms with van der Waals surface area (Å²) in [6, 6.07) is 8.31. The number of piperidine rings is 2. The molecule has 0 amide bonds. The van der Waals surface area contributed by atoms with Crippen LogP contribution in [0.5, 0.6) is 0 Å². The number of aromatic nitrogens is 3. The molecule has 2 unspecified atom stereocenters. The van der Waals surface area contributed by atoms with Gasteiger partial charge in [-0.2, -0.15) is 4.98 Å². The number of hydrogen-bond donors (Lipinski definition) is 3. The van der Waals surface area contributed by atoms with Gasteiger partial charge in [0.05, 0.1) is 10.2 Å². The summed E-state index contributed by atoms with van der Waals surface area (Å²) in [6.45, 7) is 3.90. The average Bonchev–Trinajstić information content (AvgIpc) is 3.28. The van der Waals surface area contributed by atoms with Crippen LogP contribution < -0.4 is 21.1 Å². The predicted octanol–water partition coefficient (Wildman–Crippen LogP) is 4.23. The highest BCUT2D eigenvalue weighted by Gasteiger charge is 2.32. The van der Waals surface area contributed by atoms with Crippen molar-refractivity contribution in [3.63, 3.8) is 0 Å². The fourth-order valence-electron chi connectivity index (χ4n) is 5.85. The summed E-state index contributed by atoms with van der Waals surface area (Å²) in [4.78, 5) is 28.7. The van der Waals surface area contributed by atoms with Crippen LogP contribution in [0, 0.1) is 11.8 Å². The van der Waals surface area contributed by atoms with E-state index in [2.05, 4.69) is 26.6 Å². The van der Waals surface area contributed by atoms with Crippen LogP contribution in [0.4, 0.5) is 11.8 Å². The van der Waals surface area contributed by atoms with Crippen molar-refractivity contribution in [2.24, 2.45) is 11.8 Å². The van der Waals surface area contributed by atoms with Gasteiger partial charge in [-0.05, 0) is 56.2 Å². The highest BCUT2D eigenvalue weighted by atomic mass is 32.1. The molecule has 8 heteroatoms. The molecule has 3 N–H and O–H groups in total. The number of fused-ring (bicyclic) bond motifs is 2. The highest BCUT2D eigenvalue weighted by molar-refractivity contribution is 7.21. The SMILES string of the molecule is O=c1[nH]c(N2CCC3CCCCC3C2)nc(N[C@@H]2CCCNC2)c1-c1nc2ccccc2s1. The van der Waals surface area contributed by atoms with Gasteiger partial charge in [-0.1, -0.05) is 31.4 Å². The number of aromatic amines is 1. The minimum absolute atomic E-state index is 0.101. The van der Waals surface area contributed by atoms with Gasteiger partial charge in [0.2, 0.25) is 5.95 Å². The number of anilines is 2. The van der Waals surface area contributed by atoms with E-state index in [4.69, 9.17) is 9.97 Å². The zero-order chi connectivity index (χ0) is 22.2. The molecule has 2 aliphatic heterocycles. The maximum absolute atomic E-state index is 13.5. The first kappa shape index (κ1) is 21.1. The molecule has 0 radical (unpaired) electrons. The molecule has 3 aliphatic rings. The van der Waals surface area contributed by atoms with Crippen molar-refractivity contribution in [2.75, 3.05) is 36.4 Å². The maximum Gasteiger partial charge on any atom is 0.264 e. The molecule has 2 saturated heterocycles. The fraction of sp³-hybridized carbons (Fsp3) is 0.560. The second kappa shape index (κ2) is 9.06. The highest BCUT2D eigenvalue weighted by Crippen LogP contribution is 2.38. The lowest BCUT2D eigenvalue weighted by Crippen LogP contribution is -2.43. The summed E-state index contributed by atoms with van der Waals surface area (Å²) in [7, 11) is 0. The standard InChI is InChI=1S/C25H32N6OS/c32-23-21(24-28-19-9-3-4-10-20(19)33-24)22(27-18-8-5-12-26-14-18)29-25(30-23)31-13-11-16-6-1-2-7-17(16)15-31/h3-4,9-10,16-18,26H,1-2,5-8,11-15H2,(H2,27,29,30,32)/t16?,17?,18-/m1/s1. The lowest BCUT2D eigenvalue weighted by Gasteiger charge is -2.41. The molecule has 4 heterocycles. The topological polar surface area (TPSA) is 85.9 Å². The van der Waals surface area contributed by atoms with Crippen molar-refractivity contribution >= 4 is 33.3 Å². The van der Waals surface area contributed by atoms with Crippen LogP contribution in [0.1, 0.15) is 44.9 Å². The summed E-state index contributed by atoms with van der Waals surface area (Å²) in [5.74, 6) is 2.95. The zero-order valence-corrected chi connectivity index (χ0v) is 19.8. The summed E-state index contributed by atoms with van der Waals surface area (Å²) < 4.78 is 1.08. The van der Waals surface area contributed by atoms with Gasteiger partial charge in [0.25, 0.3) is 5.56 Å². The first-order valence-electron chi connectivity index (χ1n) is 12.5. The second-order valence-corrected chi connectivity index (χ2v) is 10.9. The first-order chi connectivity index (χ1) is 16.2. The monoisotopic (exact) mass is 464 g/mol. The number of para-hydroxylation sites is 1. The molecule has 7 nitrogen and oxygen atoms in total. The molecule has 1 saturated carbocycles. The Morgan fingerprint density at radius 2 is 1.91 bits per heavy atom. The molecule has 2 aromatic heterocycles. The molecular formula is C25H32N6OS. The van der Waals surface area contributed by atoms with E-state index in [9.17, 15) is 4.79 Å². The van der Waals surface area contributed by atoms with Crippen LogP contribution in [0.3, 0.4) is 0 Å². The van der Waals surface area contributed by atoms with Crippen molar-refractivity contribution < 1.29 is 0 Å². The number of nitrogens with zero attached hydrogens (tertiary/aromatic N) is 3. The van der Waals surface area contributed by atoms with Crippen molar-refractivity contribution in [1.82, 2.24) is 20.3 Å². The molecule has 3 aromatic rings. The van der Waals surface area contributed by atoms with Gasteiger partial charge in [-0.25, -0.2) is 4.98 Å². The van der Waals surface area contributed by atoms with Crippen molar-refractivity contribution in [3.05, 3.63) is 34.6 Å². The third kappa shape index (κ3) is 4.26. The van der Waals surface area contributed by atoms with E-state index < -0.39 is 0 Å². The summed E-state index contributed by atoms with van der Waals surface area (Å²) in [5, 5.41) is 7.81. The quantitative estimate of drug-likeness (QED) is 0.536. The van der Waals surface area contributed by atoms with E-state index in [1.54, 1.807) is 11.3 Å². The van der Waals surface area contributed by atoms with Gasteiger partial charge in [0.1, 0.15) is 16.4 Å². The van der Waals surface area contributed by atoms with Gasteiger partial charge in [0.15, 0.2) is 0 Å². The molecule has 174 valence electrons. The van der Waals surface area contributed by atoms with E-state index in [1.165, 1.54) is 32.1 Å². The molecular weight excluding hydrogens is 432 g/mol. The number of thiazole rings is 1. The van der Waals surface area contributed by atoms with E-state index in [0.717, 1.165) is 66.1 Å². The Bertz CT molecular complexity index is 1150. The van der Waals surface area contributed by atoms with Crippen molar-refractivity contribution in [3.8, 4) is 10.6 Å². The normalized spacial score (nSPS) is 25.7. The number of H-pyrrole nitrogens is 1. The Kier molecular flexibility index (Phi) is 5.80. The van der Waals surface area contributed by atoms with Crippen LogP contribution in [-0.4, -0.2) is 47.2 Å². The first-order valence-corrected chi connectivity index (χ1v) is 13.3. The molecule has 6 rings (SSSR count). The van der Waals surface area contributed by atoms with Gasteiger partial charge in [0, 0.05) is 25.7 Å². The van der Waals surface area contributed by atoms with Crippen LogP contribution >= 0.6 is 11.3 Å². The van der Waals surface area contributed by atoms with Crippen molar-refractivity contribution in [2.45, 2.75) is 51.0 Å². The van der Waals surface area contributed by atoms with E-state index in [-0.39, 0.29) is 11.6 Å². The van der Waals surface area contributed by atoms with Crippen LogP contribution in [-0.2, 0) is 0 Å². The Morgan fingerprint density at radius 1 is 1.03 bits per heavy atom. The van der Waals surface area contributed by atoms with Crippen LogP contribution in [0.25, 0.3) is 20.8 Å². The van der Waals surface area contributed by atoms with E-state index >= 15 is 0 Å². The van der Waals surface area contributed by atoms with E-state index in [0.29, 0.717) is 17.3 Å². The minimum Gasteiger partial charge on any atom is -0.365 e. The number of benzene rings is 1. The number of hydrogen-bond acceptors (Lipinski definition) is 7. The largest absolute Gasteiger partial charge is 0.365 e. The van der Waals surface area contributed by atoms with Gasteiger partial charge in [-0.15, -0.1) is 11.3 Å². The Labute approximate surface area is 198 Å². The molecule has 3 fully saturated rings. The van der Waals surface area contributed by atoms with Gasteiger partial charge >= 0.3 is 0 Å². The zero-order valence-electron chi connectivity index (χ0n) is 19.0. The Morgan fingerprint density at radius 3 is 2.76 bits per heavy atom. The van der Waals surface area contributed by atoms with Gasteiger partial charge in [-0.3, -0.25) is 9.78 Å². The van der Waals surface area contributed by atoms with E-state index in [1.807, 2.05) is 18.2 Å². The summed E-state index contributed by atoms with van der Waals surface area (Å²) in [6.07, 6.45) is 8.76. The summed E-state index contributed by atoms with van der Waals surface area (Å²) >= 11 is 1.56. The lowest BCUT2D eigenvalue weighted by atomic mass is 9.75. The van der Waals surface area contributed by atoms with Crippen molar-refractivity contribution in [1.29, 1.82) is 0 Å². The third-order valence-electron chi connectivity index (χ3n) is 7.64. The smallest absolute Gasteiger partial charge is 0.264 e. The number of rotatable bonds is 4. The predicted molar refractivity (Wildman–Crippen MR) is 135 cm³/mol. The molecule has 1 aliphatic carbocycles. The van der Waals surface area contributed by atoms with Crippen LogP contribution in [0.2, 0.25) is 0 Å². The molecule has 0 bridgehead atoms. The molecule has 33 heavy (non-hydrogen) atoms. The second-order valence-electron chi connectivity index (χ2n) is 9.83. The maximum atomic E-state index is 13.5. The Hall–Kier alpha value is -2.45. The minimum atomic E-state index is -0.101. The fourth-order valence-corrected chi connectivity index (χ4v) is 6.86. The number of nitrogens with one attached hydrogen (secondary N) is 3. The Balaban J connectivity index is 1.37. The molecule has 1 aromatic carbocycles. The summed E-state index contributed by atoms with van der Waals surface area (Å²) in [5.41, 5.74) is 1.39.